The maximum absolute atomic E-state index is 11.0. The standard InChI is InChI=1S/C13H20N2O2S/c1-2-3-9-4-6-10(7-5-9)15-12-11(13(16)17)14-8-18-12/h8-10,15H,2-7H2,1H3,(H,16,17). The summed E-state index contributed by atoms with van der Waals surface area (Å²) in [5.41, 5.74) is 1.75. The van der Waals surface area contributed by atoms with Crippen molar-refractivity contribution in [3.8, 4) is 0 Å². The zero-order chi connectivity index (χ0) is 13.0. The number of rotatable bonds is 5. The van der Waals surface area contributed by atoms with Gasteiger partial charge < -0.3 is 10.4 Å². The van der Waals surface area contributed by atoms with Crippen LogP contribution in [0.5, 0.6) is 0 Å². The highest BCUT2D eigenvalue weighted by molar-refractivity contribution is 7.14. The predicted molar refractivity (Wildman–Crippen MR) is 73.4 cm³/mol. The lowest BCUT2D eigenvalue weighted by Gasteiger charge is -2.29. The summed E-state index contributed by atoms with van der Waals surface area (Å²) in [6, 6.07) is 0.414. The van der Waals surface area contributed by atoms with Crippen molar-refractivity contribution in [2.75, 3.05) is 5.32 Å². The molecule has 1 fully saturated rings. The first kappa shape index (κ1) is 13.3. The first-order chi connectivity index (χ1) is 8.70. The molecule has 0 aromatic carbocycles. The molecule has 100 valence electrons. The number of anilines is 1. The van der Waals surface area contributed by atoms with Gasteiger partial charge in [0.15, 0.2) is 5.69 Å². The number of carboxylic acids is 1. The highest BCUT2D eigenvalue weighted by Crippen LogP contribution is 2.31. The van der Waals surface area contributed by atoms with Crippen LogP contribution in [0.1, 0.15) is 55.9 Å². The van der Waals surface area contributed by atoms with Gasteiger partial charge in [-0.05, 0) is 31.6 Å². The van der Waals surface area contributed by atoms with E-state index in [-0.39, 0.29) is 5.69 Å². The van der Waals surface area contributed by atoms with Crippen molar-refractivity contribution in [2.45, 2.75) is 51.5 Å². The molecule has 2 N–H and O–H groups in total. The maximum atomic E-state index is 11.0. The van der Waals surface area contributed by atoms with Crippen LogP contribution in [0, 0.1) is 5.92 Å². The Labute approximate surface area is 111 Å². The Bertz CT molecular complexity index is 397. The van der Waals surface area contributed by atoms with Gasteiger partial charge in [-0.1, -0.05) is 19.8 Å². The molecule has 4 nitrogen and oxygen atoms in total. The van der Waals surface area contributed by atoms with E-state index in [1.165, 1.54) is 37.0 Å². The van der Waals surface area contributed by atoms with Gasteiger partial charge in [-0.3, -0.25) is 0 Å². The van der Waals surface area contributed by atoms with E-state index < -0.39 is 5.97 Å². The molecule has 1 aromatic heterocycles. The van der Waals surface area contributed by atoms with Crippen molar-refractivity contribution in [3.05, 3.63) is 11.2 Å². The number of nitrogens with zero attached hydrogens (tertiary/aromatic N) is 1. The topological polar surface area (TPSA) is 62.2 Å². The number of aromatic carboxylic acids is 1. The quantitative estimate of drug-likeness (QED) is 0.856. The second-order valence-electron chi connectivity index (χ2n) is 4.99. The predicted octanol–water partition coefficient (Wildman–Crippen LogP) is 3.61. The molecular weight excluding hydrogens is 248 g/mol. The molecule has 1 aliphatic rings. The Morgan fingerprint density at radius 3 is 2.83 bits per heavy atom. The third kappa shape index (κ3) is 3.22. The molecule has 0 amide bonds. The maximum Gasteiger partial charge on any atom is 0.357 e. The van der Waals surface area contributed by atoms with Gasteiger partial charge in [0.1, 0.15) is 5.00 Å². The monoisotopic (exact) mass is 268 g/mol. The SMILES string of the molecule is CCCC1CCC(Nc2scnc2C(=O)O)CC1. The van der Waals surface area contributed by atoms with Crippen molar-refractivity contribution in [3.63, 3.8) is 0 Å². The molecule has 0 bridgehead atoms. The molecule has 5 heteroatoms. The molecule has 0 atom stereocenters. The van der Waals surface area contributed by atoms with Crippen LogP contribution < -0.4 is 5.32 Å². The highest BCUT2D eigenvalue weighted by atomic mass is 32.1. The molecule has 1 saturated carbocycles. The largest absolute Gasteiger partial charge is 0.476 e. The molecule has 1 heterocycles. The fourth-order valence-corrected chi connectivity index (χ4v) is 3.44. The van der Waals surface area contributed by atoms with Crippen LogP contribution in [0.25, 0.3) is 0 Å². The summed E-state index contributed by atoms with van der Waals surface area (Å²) < 4.78 is 0. The van der Waals surface area contributed by atoms with Crippen LogP contribution in [-0.2, 0) is 0 Å². The summed E-state index contributed by atoms with van der Waals surface area (Å²) in [5.74, 6) is -0.0770. The Hall–Kier alpha value is -1.10. The van der Waals surface area contributed by atoms with Crippen molar-refractivity contribution in [1.29, 1.82) is 0 Å². The van der Waals surface area contributed by atoms with E-state index in [1.807, 2.05) is 0 Å². The lowest BCUT2D eigenvalue weighted by molar-refractivity contribution is 0.0692. The minimum Gasteiger partial charge on any atom is -0.476 e. The van der Waals surface area contributed by atoms with Crippen LogP contribution in [0.2, 0.25) is 0 Å². The smallest absolute Gasteiger partial charge is 0.357 e. The normalized spacial score (nSPS) is 23.8. The second kappa shape index (κ2) is 6.18. The van der Waals surface area contributed by atoms with Crippen LogP contribution in [0.3, 0.4) is 0 Å². The van der Waals surface area contributed by atoms with E-state index in [0.717, 1.165) is 18.8 Å². The molecular formula is C13H20N2O2S. The minimum atomic E-state index is -0.946. The number of hydrogen-bond acceptors (Lipinski definition) is 4. The van der Waals surface area contributed by atoms with E-state index in [9.17, 15) is 4.79 Å². The van der Waals surface area contributed by atoms with Gasteiger partial charge >= 0.3 is 5.97 Å². The molecule has 2 rings (SSSR count). The average Bonchev–Trinajstić information content (AvgIpc) is 2.80. The highest BCUT2D eigenvalue weighted by Gasteiger charge is 2.22. The van der Waals surface area contributed by atoms with Gasteiger partial charge in [0.25, 0.3) is 0 Å². The van der Waals surface area contributed by atoms with Gasteiger partial charge in [0, 0.05) is 6.04 Å². The number of hydrogen-bond donors (Lipinski definition) is 2. The number of carbonyl (C=O) groups is 1. The summed E-state index contributed by atoms with van der Waals surface area (Å²) >= 11 is 1.38. The lowest BCUT2D eigenvalue weighted by Crippen LogP contribution is -2.26. The summed E-state index contributed by atoms with van der Waals surface area (Å²) in [5, 5.41) is 13.1. The van der Waals surface area contributed by atoms with Crippen molar-refractivity contribution in [1.82, 2.24) is 4.98 Å². The van der Waals surface area contributed by atoms with E-state index in [4.69, 9.17) is 5.11 Å². The van der Waals surface area contributed by atoms with Crippen LogP contribution >= 0.6 is 11.3 Å². The minimum absolute atomic E-state index is 0.163. The Morgan fingerprint density at radius 1 is 1.50 bits per heavy atom. The first-order valence-corrected chi connectivity index (χ1v) is 7.52. The molecule has 0 unspecified atom stereocenters. The lowest BCUT2D eigenvalue weighted by atomic mass is 9.83. The van der Waals surface area contributed by atoms with Crippen molar-refractivity contribution >= 4 is 22.3 Å². The summed E-state index contributed by atoms with van der Waals surface area (Å²) in [6.07, 6.45) is 7.39. The van der Waals surface area contributed by atoms with Crippen LogP contribution in [-0.4, -0.2) is 22.1 Å². The Kier molecular flexibility index (Phi) is 4.58. The zero-order valence-electron chi connectivity index (χ0n) is 10.7. The molecule has 0 radical (unpaired) electrons. The van der Waals surface area contributed by atoms with Gasteiger partial charge in [-0.25, -0.2) is 9.78 Å². The number of aromatic nitrogens is 1. The summed E-state index contributed by atoms with van der Waals surface area (Å²) in [6.45, 7) is 2.24. The van der Waals surface area contributed by atoms with E-state index >= 15 is 0 Å². The van der Waals surface area contributed by atoms with E-state index in [1.54, 1.807) is 5.51 Å². The van der Waals surface area contributed by atoms with Gasteiger partial charge in [0.2, 0.25) is 0 Å². The Morgan fingerprint density at radius 2 is 2.22 bits per heavy atom. The molecule has 0 spiro atoms. The van der Waals surface area contributed by atoms with E-state index in [0.29, 0.717) is 11.0 Å². The fraction of sp³-hybridized carbons (Fsp3) is 0.692. The van der Waals surface area contributed by atoms with Gasteiger partial charge in [-0.15, -0.1) is 11.3 Å². The number of nitrogens with one attached hydrogen (secondary N) is 1. The molecule has 0 saturated heterocycles. The van der Waals surface area contributed by atoms with Gasteiger partial charge in [-0.2, -0.15) is 0 Å². The van der Waals surface area contributed by atoms with Crippen molar-refractivity contribution < 1.29 is 9.90 Å². The number of thiazole rings is 1. The van der Waals surface area contributed by atoms with Crippen molar-refractivity contribution in [2.24, 2.45) is 5.92 Å². The average molecular weight is 268 g/mol. The van der Waals surface area contributed by atoms with Crippen LogP contribution in [0.4, 0.5) is 5.00 Å². The summed E-state index contributed by atoms with van der Waals surface area (Å²) in [7, 11) is 0. The Balaban J connectivity index is 1.88. The molecule has 1 aliphatic carbocycles. The zero-order valence-corrected chi connectivity index (χ0v) is 11.5. The molecule has 1 aromatic rings. The first-order valence-electron chi connectivity index (χ1n) is 6.64. The summed E-state index contributed by atoms with van der Waals surface area (Å²) in [4.78, 5) is 14.8. The third-order valence-electron chi connectivity index (χ3n) is 3.65. The van der Waals surface area contributed by atoms with Crippen LogP contribution in [0.15, 0.2) is 5.51 Å². The second-order valence-corrected chi connectivity index (χ2v) is 5.84. The number of carboxylic acid groups (broad SMARTS) is 1. The molecule has 0 aliphatic heterocycles. The van der Waals surface area contributed by atoms with E-state index in [2.05, 4.69) is 17.2 Å². The fourth-order valence-electron chi connectivity index (χ4n) is 2.69. The third-order valence-corrected chi connectivity index (χ3v) is 4.41. The van der Waals surface area contributed by atoms with Gasteiger partial charge in [0.05, 0.1) is 5.51 Å². The molecule has 18 heavy (non-hydrogen) atoms.